The summed E-state index contributed by atoms with van der Waals surface area (Å²) < 4.78 is 0. The number of hydrogen-bond acceptors (Lipinski definition) is 2. The van der Waals surface area contributed by atoms with Gasteiger partial charge < -0.3 is 15.1 Å². The van der Waals surface area contributed by atoms with Crippen LogP contribution >= 0.6 is 0 Å². The van der Waals surface area contributed by atoms with E-state index in [1.54, 1.807) is 0 Å². The van der Waals surface area contributed by atoms with Crippen molar-refractivity contribution >= 4 is 6.09 Å². The van der Waals surface area contributed by atoms with Gasteiger partial charge in [-0.1, -0.05) is 0 Å². The van der Waals surface area contributed by atoms with Gasteiger partial charge in [0.2, 0.25) is 0 Å². The summed E-state index contributed by atoms with van der Waals surface area (Å²) in [4.78, 5) is 12.1. The molecule has 2 rings (SSSR count). The quantitative estimate of drug-likeness (QED) is 0.604. The van der Waals surface area contributed by atoms with Crippen molar-refractivity contribution in [3.63, 3.8) is 0 Å². The highest BCUT2D eigenvalue weighted by Crippen LogP contribution is 2.54. The minimum absolute atomic E-state index is 0.0337. The number of likely N-dealkylation sites (tertiary alicyclic amines) is 1. The van der Waals surface area contributed by atoms with Crippen molar-refractivity contribution in [2.24, 2.45) is 5.41 Å². The van der Waals surface area contributed by atoms with Crippen LogP contribution in [-0.4, -0.2) is 40.4 Å². The molecule has 0 aromatic rings. The second kappa shape index (κ2) is 2.36. The summed E-state index contributed by atoms with van der Waals surface area (Å²) in [7, 11) is 0. The summed E-state index contributed by atoms with van der Waals surface area (Å²) in [5.41, 5.74) is 0.256. The maximum absolute atomic E-state index is 10.7. The van der Waals surface area contributed by atoms with Crippen molar-refractivity contribution in [3.8, 4) is 0 Å². The van der Waals surface area contributed by atoms with Gasteiger partial charge in [-0.15, -0.1) is 0 Å². The molecule has 2 aliphatic rings. The fraction of sp³-hybridized carbons (Fsp3) is 0.875. The topological polar surface area (TPSA) is 60.8 Å². The van der Waals surface area contributed by atoms with E-state index < -0.39 is 6.09 Å². The molecule has 2 fully saturated rings. The first-order valence-corrected chi connectivity index (χ1v) is 4.27. The van der Waals surface area contributed by atoms with Crippen LogP contribution in [0.5, 0.6) is 0 Å². The Kier molecular flexibility index (Phi) is 1.54. The van der Waals surface area contributed by atoms with Crippen LogP contribution in [0.4, 0.5) is 4.79 Å². The number of hydrogen-bond donors (Lipinski definition) is 2. The van der Waals surface area contributed by atoms with Crippen LogP contribution in [-0.2, 0) is 0 Å². The van der Waals surface area contributed by atoms with Crippen LogP contribution in [0.1, 0.15) is 19.3 Å². The highest BCUT2D eigenvalue weighted by atomic mass is 16.4. The van der Waals surface area contributed by atoms with E-state index in [4.69, 9.17) is 10.2 Å². The number of nitrogens with zero attached hydrogens (tertiary/aromatic N) is 1. The van der Waals surface area contributed by atoms with Crippen LogP contribution in [0.25, 0.3) is 0 Å². The van der Waals surface area contributed by atoms with E-state index in [0.29, 0.717) is 6.54 Å². The maximum atomic E-state index is 10.7. The average Bonchev–Trinajstić information content (AvgIpc) is 2.62. The van der Waals surface area contributed by atoms with Gasteiger partial charge in [-0.05, 0) is 24.7 Å². The lowest BCUT2D eigenvalue weighted by Crippen LogP contribution is -2.36. The molecule has 12 heavy (non-hydrogen) atoms. The first kappa shape index (κ1) is 7.86. The molecule has 2 N–H and O–H groups in total. The molecule has 1 saturated carbocycles. The number of rotatable bonds is 1. The summed E-state index contributed by atoms with van der Waals surface area (Å²) >= 11 is 0. The largest absolute Gasteiger partial charge is 0.465 e. The van der Waals surface area contributed by atoms with Gasteiger partial charge in [-0.25, -0.2) is 4.79 Å². The highest BCUT2D eigenvalue weighted by Gasteiger charge is 2.53. The van der Waals surface area contributed by atoms with Crippen LogP contribution in [0, 0.1) is 5.41 Å². The van der Waals surface area contributed by atoms with Crippen LogP contribution in [0.2, 0.25) is 0 Å². The number of aliphatic hydroxyl groups is 1. The summed E-state index contributed by atoms with van der Waals surface area (Å²) in [6, 6.07) is -0.148. The standard InChI is InChI=1S/C8H13NO3/c10-4-6-3-8(1-2-8)5-9(6)7(11)12/h6,10H,1-5H2,(H,11,12). The predicted molar refractivity (Wildman–Crippen MR) is 41.9 cm³/mol. The minimum atomic E-state index is -0.891. The SMILES string of the molecule is O=C(O)N1CC2(CC2)CC1CO. The second-order valence-corrected chi connectivity index (χ2v) is 3.95. The molecule has 68 valence electrons. The molecule has 0 aromatic heterocycles. The molecule has 1 spiro atoms. The number of carbonyl (C=O) groups is 1. The Hall–Kier alpha value is -0.770. The highest BCUT2D eigenvalue weighted by molar-refractivity contribution is 5.66. The van der Waals surface area contributed by atoms with Crippen LogP contribution in [0.3, 0.4) is 0 Å². The lowest BCUT2D eigenvalue weighted by molar-refractivity contribution is 0.118. The smallest absolute Gasteiger partial charge is 0.407 e. The molecule has 1 amide bonds. The van der Waals surface area contributed by atoms with Crippen molar-refractivity contribution in [2.75, 3.05) is 13.2 Å². The normalized spacial score (nSPS) is 31.1. The van der Waals surface area contributed by atoms with Gasteiger partial charge in [0.05, 0.1) is 12.6 Å². The third-order valence-corrected chi connectivity index (χ3v) is 3.03. The first-order valence-electron chi connectivity index (χ1n) is 4.27. The van der Waals surface area contributed by atoms with E-state index in [2.05, 4.69) is 0 Å². The van der Waals surface area contributed by atoms with E-state index in [9.17, 15) is 4.79 Å². The number of carboxylic acid groups (broad SMARTS) is 1. The molecule has 4 nitrogen and oxygen atoms in total. The van der Waals surface area contributed by atoms with Gasteiger partial charge in [0, 0.05) is 6.54 Å². The fourth-order valence-corrected chi connectivity index (χ4v) is 2.09. The van der Waals surface area contributed by atoms with Gasteiger partial charge in [0.15, 0.2) is 0 Å². The fourth-order valence-electron chi connectivity index (χ4n) is 2.09. The first-order chi connectivity index (χ1) is 5.67. The number of aliphatic hydroxyl groups excluding tert-OH is 1. The van der Waals surface area contributed by atoms with Crippen molar-refractivity contribution in [3.05, 3.63) is 0 Å². The van der Waals surface area contributed by atoms with E-state index in [0.717, 1.165) is 19.3 Å². The van der Waals surface area contributed by atoms with Gasteiger partial charge in [-0.2, -0.15) is 0 Å². The van der Waals surface area contributed by atoms with Crippen molar-refractivity contribution < 1.29 is 15.0 Å². The molecular formula is C8H13NO3. The van der Waals surface area contributed by atoms with E-state index >= 15 is 0 Å². The lowest BCUT2D eigenvalue weighted by Gasteiger charge is -2.18. The Labute approximate surface area is 70.8 Å². The molecule has 0 radical (unpaired) electrons. The third kappa shape index (κ3) is 1.06. The van der Waals surface area contributed by atoms with E-state index in [1.807, 2.05) is 0 Å². The molecule has 1 unspecified atom stereocenters. The summed E-state index contributed by atoms with van der Waals surface area (Å²) in [6.07, 6.45) is 2.23. The van der Waals surface area contributed by atoms with Crippen molar-refractivity contribution in [2.45, 2.75) is 25.3 Å². The van der Waals surface area contributed by atoms with Gasteiger partial charge in [-0.3, -0.25) is 0 Å². The Morgan fingerprint density at radius 3 is 2.58 bits per heavy atom. The van der Waals surface area contributed by atoms with E-state index in [1.165, 1.54) is 4.90 Å². The average molecular weight is 171 g/mol. The summed E-state index contributed by atoms with van der Waals surface area (Å²) in [5, 5.41) is 17.7. The Bertz CT molecular complexity index is 212. The van der Waals surface area contributed by atoms with Gasteiger partial charge in [0.25, 0.3) is 0 Å². The monoisotopic (exact) mass is 171 g/mol. The third-order valence-electron chi connectivity index (χ3n) is 3.03. The van der Waals surface area contributed by atoms with E-state index in [-0.39, 0.29) is 18.1 Å². The minimum Gasteiger partial charge on any atom is -0.465 e. The van der Waals surface area contributed by atoms with Gasteiger partial charge >= 0.3 is 6.09 Å². The number of amides is 1. The molecule has 1 aliphatic heterocycles. The Morgan fingerprint density at radius 2 is 2.25 bits per heavy atom. The summed E-state index contributed by atoms with van der Waals surface area (Å²) in [5.74, 6) is 0. The molecule has 1 saturated heterocycles. The molecule has 1 atom stereocenters. The zero-order valence-corrected chi connectivity index (χ0v) is 6.86. The molecule has 1 aliphatic carbocycles. The molecule has 0 bridgehead atoms. The Morgan fingerprint density at radius 1 is 1.58 bits per heavy atom. The second-order valence-electron chi connectivity index (χ2n) is 3.95. The van der Waals surface area contributed by atoms with Crippen molar-refractivity contribution in [1.82, 2.24) is 4.90 Å². The zero-order chi connectivity index (χ0) is 8.77. The van der Waals surface area contributed by atoms with Gasteiger partial charge in [0.1, 0.15) is 0 Å². The Balaban J connectivity index is 2.07. The maximum Gasteiger partial charge on any atom is 0.407 e. The lowest BCUT2D eigenvalue weighted by atomic mass is 10.0. The summed E-state index contributed by atoms with van der Waals surface area (Å²) in [6.45, 7) is 0.599. The molecule has 4 heteroatoms. The van der Waals surface area contributed by atoms with Crippen molar-refractivity contribution in [1.29, 1.82) is 0 Å². The predicted octanol–water partition coefficient (Wildman–Crippen LogP) is 0.511. The molecular weight excluding hydrogens is 158 g/mol. The van der Waals surface area contributed by atoms with Crippen LogP contribution in [0.15, 0.2) is 0 Å². The zero-order valence-electron chi connectivity index (χ0n) is 6.86. The van der Waals surface area contributed by atoms with Crippen LogP contribution < -0.4 is 0 Å². The molecule has 0 aromatic carbocycles. The molecule has 1 heterocycles.